The molecule has 1 aromatic carbocycles. The second kappa shape index (κ2) is 6.13. The Labute approximate surface area is 121 Å². The number of carbonyl (C=O) groups is 1. The summed E-state index contributed by atoms with van der Waals surface area (Å²) in [5, 5.41) is 5.95. The lowest BCUT2D eigenvalue weighted by Gasteiger charge is -2.09. The summed E-state index contributed by atoms with van der Waals surface area (Å²) in [6.07, 6.45) is 2.58. The number of hydrogen-bond acceptors (Lipinski definition) is 2. The maximum absolute atomic E-state index is 13.3. The lowest BCUT2D eigenvalue weighted by Crippen LogP contribution is -2.17. The predicted octanol–water partition coefficient (Wildman–Crippen LogP) is 3.12. The highest BCUT2D eigenvalue weighted by atomic mass is 35.5. The number of nitrogens with zero attached hydrogens (tertiary/aromatic N) is 2. The summed E-state index contributed by atoms with van der Waals surface area (Å²) in [6, 6.07) is 0.0616. The third-order valence-corrected chi connectivity index (χ3v) is 2.74. The molecule has 2 aromatic rings. The first kappa shape index (κ1) is 15.3. The lowest BCUT2D eigenvalue weighted by atomic mass is 10.2. The predicted molar refractivity (Wildman–Crippen MR) is 66.8 cm³/mol. The average Bonchev–Trinajstić information content (AvgIpc) is 2.85. The van der Waals surface area contributed by atoms with Gasteiger partial charge < -0.3 is 5.32 Å². The van der Waals surface area contributed by atoms with Crippen molar-refractivity contribution in [1.29, 1.82) is 0 Å². The minimum atomic E-state index is -1.66. The highest BCUT2D eigenvalue weighted by Crippen LogP contribution is 2.24. The first-order chi connectivity index (χ1) is 9.88. The number of aromatic nitrogens is 2. The van der Waals surface area contributed by atoms with Crippen molar-refractivity contribution in [3.8, 4) is 0 Å². The number of rotatable bonds is 4. The molecule has 112 valence electrons. The summed E-state index contributed by atoms with van der Waals surface area (Å²) in [5.74, 6) is -7.34. The quantitative estimate of drug-likeness (QED) is 0.695. The second-order valence-corrected chi connectivity index (χ2v) is 4.50. The van der Waals surface area contributed by atoms with Crippen LogP contribution in [0.15, 0.2) is 18.5 Å². The summed E-state index contributed by atoms with van der Waals surface area (Å²) in [7, 11) is 0. The molecule has 2 rings (SSSR count). The van der Waals surface area contributed by atoms with Crippen LogP contribution in [-0.2, 0) is 11.3 Å². The molecule has 0 aliphatic heterocycles. The number of nitrogens with one attached hydrogen (secondary N) is 1. The van der Waals surface area contributed by atoms with Crippen molar-refractivity contribution < 1.29 is 22.4 Å². The van der Waals surface area contributed by atoms with Gasteiger partial charge in [-0.3, -0.25) is 9.48 Å². The van der Waals surface area contributed by atoms with Crippen LogP contribution in [0.5, 0.6) is 0 Å². The van der Waals surface area contributed by atoms with Gasteiger partial charge in [0.25, 0.3) is 0 Å². The zero-order valence-corrected chi connectivity index (χ0v) is 11.1. The van der Waals surface area contributed by atoms with Crippen molar-refractivity contribution in [2.24, 2.45) is 0 Å². The van der Waals surface area contributed by atoms with E-state index in [2.05, 4.69) is 5.10 Å². The fourth-order valence-electron chi connectivity index (χ4n) is 1.56. The molecular weight excluding hydrogens is 314 g/mol. The van der Waals surface area contributed by atoms with E-state index in [1.54, 1.807) is 5.32 Å². The summed E-state index contributed by atoms with van der Waals surface area (Å²) in [6.45, 7) is 0.0829. The van der Waals surface area contributed by atoms with Gasteiger partial charge in [-0.05, 0) is 0 Å². The van der Waals surface area contributed by atoms with E-state index in [1.807, 2.05) is 0 Å². The van der Waals surface area contributed by atoms with Crippen molar-refractivity contribution in [2.45, 2.75) is 13.0 Å². The monoisotopic (exact) mass is 321 g/mol. The normalized spacial score (nSPS) is 10.7. The van der Waals surface area contributed by atoms with E-state index in [1.165, 1.54) is 17.1 Å². The molecule has 9 heteroatoms. The minimum Gasteiger partial charge on any atom is -0.321 e. The minimum absolute atomic E-state index is 0.0616. The van der Waals surface area contributed by atoms with Gasteiger partial charge in [-0.1, -0.05) is 11.6 Å². The topological polar surface area (TPSA) is 46.9 Å². The van der Waals surface area contributed by atoms with Crippen molar-refractivity contribution in [2.75, 3.05) is 5.32 Å². The molecule has 0 aliphatic carbocycles. The Morgan fingerprint density at radius 1 is 1.24 bits per heavy atom. The molecule has 0 unspecified atom stereocenters. The highest BCUT2D eigenvalue weighted by Gasteiger charge is 2.20. The molecule has 0 fully saturated rings. The van der Waals surface area contributed by atoms with Crippen LogP contribution >= 0.6 is 11.6 Å². The van der Waals surface area contributed by atoms with Crippen LogP contribution in [0.2, 0.25) is 5.02 Å². The van der Waals surface area contributed by atoms with Crippen LogP contribution in [0.4, 0.5) is 23.2 Å². The lowest BCUT2D eigenvalue weighted by molar-refractivity contribution is -0.116. The number of carbonyl (C=O) groups excluding carboxylic acids is 1. The first-order valence-electron chi connectivity index (χ1n) is 5.69. The summed E-state index contributed by atoms with van der Waals surface area (Å²) in [4.78, 5) is 11.6. The van der Waals surface area contributed by atoms with Crippen LogP contribution in [0.3, 0.4) is 0 Å². The molecule has 1 N–H and O–H groups in total. The molecule has 0 radical (unpaired) electrons. The molecule has 0 bridgehead atoms. The molecule has 0 saturated carbocycles. The third kappa shape index (κ3) is 3.52. The Bertz CT molecular complexity index is 663. The molecule has 1 aromatic heterocycles. The number of aryl methyl sites for hydroxylation is 1. The smallest absolute Gasteiger partial charge is 0.226 e. The van der Waals surface area contributed by atoms with Crippen LogP contribution in [0.1, 0.15) is 6.42 Å². The van der Waals surface area contributed by atoms with Gasteiger partial charge >= 0.3 is 0 Å². The summed E-state index contributed by atoms with van der Waals surface area (Å²) in [5.41, 5.74) is -1.16. The van der Waals surface area contributed by atoms with E-state index >= 15 is 0 Å². The highest BCUT2D eigenvalue weighted by molar-refractivity contribution is 6.30. The van der Waals surface area contributed by atoms with Crippen molar-refractivity contribution >= 4 is 23.2 Å². The molecule has 1 heterocycles. The Kier molecular flexibility index (Phi) is 4.46. The van der Waals surface area contributed by atoms with Crippen molar-refractivity contribution in [1.82, 2.24) is 9.78 Å². The molecule has 1 amide bonds. The molecule has 0 spiro atoms. The number of amides is 1. The van der Waals surface area contributed by atoms with Gasteiger partial charge in [0.1, 0.15) is 5.69 Å². The summed E-state index contributed by atoms with van der Waals surface area (Å²) < 4.78 is 53.9. The van der Waals surface area contributed by atoms with E-state index in [9.17, 15) is 22.4 Å². The molecule has 0 atom stereocenters. The number of hydrogen-bond donors (Lipinski definition) is 1. The third-order valence-electron chi connectivity index (χ3n) is 2.55. The number of anilines is 1. The summed E-state index contributed by atoms with van der Waals surface area (Å²) >= 11 is 5.62. The van der Waals surface area contributed by atoms with Crippen LogP contribution in [-0.4, -0.2) is 15.7 Å². The van der Waals surface area contributed by atoms with Gasteiger partial charge in [0.2, 0.25) is 5.91 Å². The molecule has 0 saturated heterocycles. The largest absolute Gasteiger partial charge is 0.321 e. The zero-order chi connectivity index (χ0) is 15.6. The van der Waals surface area contributed by atoms with Gasteiger partial charge in [-0.25, -0.2) is 17.6 Å². The van der Waals surface area contributed by atoms with Crippen molar-refractivity contribution in [3.05, 3.63) is 46.8 Å². The average molecular weight is 322 g/mol. The zero-order valence-electron chi connectivity index (χ0n) is 10.3. The Balaban J connectivity index is 2.06. The molecule has 0 aliphatic rings. The van der Waals surface area contributed by atoms with E-state index < -0.39 is 34.9 Å². The standard InChI is InChI=1S/C12H8ClF4N3O/c13-6-4-18-20(5-6)2-1-9(21)19-12-10(16)7(14)3-8(15)11(12)17/h3-5H,1-2H2,(H,19,21). The second-order valence-electron chi connectivity index (χ2n) is 4.06. The molecular formula is C12H8ClF4N3O. The molecule has 4 nitrogen and oxygen atoms in total. The first-order valence-corrected chi connectivity index (χ1v) is 6.07. The van der Waals surface area contributed by atoms with Gasteiger partial charge in [0, 0.05) is 25.2 Å². The Morgan fingerprint density at radius 3 is 2.38 bits per heavy atom. The maximum atomic E-state index is 13.3. The maximum Gasteiger partial charge on any atom is 0.226 e. The van der Waals surface area contributed by atoms with E-state index in [0.717, 1.165) is 0 Å². The fraction of sp³-hybridized carbons (Fsp3) is 0.167. The van der Waals surface area contributed by atoms with Gasteiger partial charge in [-0.2, -0.15) is 5.10 Å². The van der Waals surface area contributed by atoms with Gasteiger partial charge in [0.15, 0.2) is 23.3 Å². The Morgan fingerprint density at radius 2 is 1.86 bits per heavy atom. The van der Waals surface area contributed by atoms with Crippen LogP contribution < -0.4 is 5.32 Å². The van der Waals surface area contributed by atoms with Crippen molar-refractivity contribution in [3.63, 3.8) is 0 Å². The molecule has 21 heavy (non-hydrogen) atoms. The Hall–Kier alpha value is -2.09. The van der Waals surface area contributed by atoms with Crippen LogP contribution in [0.25, 0.3) is 0 Å². The fourth-order valence-corrected chi connectivity index (χ4v) is 1.72. The van der Waals surface area contributed by atoms with E-state index in [4.69, 9.17) is 11.6 Å². The van der Waals surface area contributed by atoms with Gasteiger partial charge in [-0.15, -0.1) is 0 Å². The van der Waals surface area contributed by atoms with E-state index in [0.29, 0.717) is 5.02 Å². The number of benzene rings is 1. The SMILES string of the molecule is O=C(CCn1cc(Cl)cn1)Nc1c(F)c(F)cc(F)c1F. The number of halogens is 5. The van der Waals surface area contributed by atoms with Crippen LogP contribution in [0, 0.1) is 23.3 Å². The van der Waals surface area contributed by atoms with E-state index in [-0.39, 0.29) is 19.0 Å². The van der Waals surface area contributed by atoms with Gasteiger partial charge in [0.05, 0.1) is 11.2 Å².